The van der Waals surface area contributed by atoms with E-state index in [1.807, 2.05) is 26.0 Å². The van der Waals surface area contributed by atoms with Crippen LogP contribution < -0.4 is 15.0 Å². The largest absolute Gasteiger partial charge is 0.480 e. The van der Waals surface area contributed by atoms with Crippen LogP contribution in [0.15, 0.2) is 77.7 Å². The number of carboxylic acid groups (broad SMARTS) is 1. The van der Waals surface area contributed by atoms with Crippen LogP contribution in [-0.2, 0) is 49.5 Å². The van der Waals surface area contributed by atoms with Crippen LogP contribution in [0.2, 0.25) is 10.0 Å². The molecule has 5 rings (SSSR count). The zero-order valence-electron chi connectivity index (χ0n) is 40.4. The molecule has 4 N–H and O–H groups in total. The van der Waals surface area contributed by atoms with Crippen molar-refractivity contribution in [3.8, 4) is 11.5 Å². The predicted octanol–water partition coefficient (Wildman–Crippen LogP) is 7.56. The first kappa shape index (κ1) is 63.9. The molecule has 4 aromatic rings. The van der Waals surface area contributed by atoms with Crippen LogP contribution in [0, 0.1) is 33.1 Å². The minimum atomic E-state index is -4.10. The average Bonchev–Trinajstić information content (AvgIpc) is 3.32. The fraction of sp³-hybridized carbons (Fsp3) is 0.348. The lowest BCUT2D eigenvalue weighted by Gasteiger charge is -2.31. The number of hydrogen-bond donors (Lipinski definition) is 4. The van der Waals surface area contributed by atoms with Crippen molar-refractivity contribution in [2.75, 3.05) is 50.7 Å². The molecule has 0 aliphatic heterocycles. The molecule has 1 aliphatic rings. The van der Waals surface area contributed by atoms with Crippen LogP contribution in [0.3, 0.4) is 0 Å². The molecule has 0 radical (unpaired) electrons. The molecule has 1 fully saturated rings. The number of Topliss-reactive ketones (excluding diaryl/α,β-unsaturated/α-hetero) is 3. The quantitative estimate of drug-likeness (QED) is 0.0142. The number of anilines is 1. The first-order valence-electron chi connectivity index (χ1n) is 21.5. The van der Waals surface area contributed by atoms with Gasteiger partial charge in [0.15, 0.2) is 27.2 Å². The number of nitrogens with one attached hydrogen (secondary N) is 1. The number of aliphatic carboxylic acids is 1. The molecule has 1 amide bonds. The van der Waals surface area contributed by atoms with E-state index in [0.29, 0.717) is 23.8 Å². The molecule has 1 aliphatic carbocycles. The van der Waals surface area contributed by atoms with E-state index in [0.717, 1.165) is 60.9 Å². The number of nitrogens with zero attached hydrogens (tertiary/aromatic N) is 3. The lowest BCUT2D eigenvalue weighted by atomic mass is 9.81. The van der Waals surface area contributed by atoms with Gasteiger partial charge in [0.25, 0.3) is 11.4 Å². The SMILES string of the molecule is CCc1cccc(C)c1N(C(=O)CCl)C(C)COC.COC(=O)c1cc(Oc2ccc(Cl)cc2Cl)ccc1[N+](=O)[O-].CS(=O)(=O)c1ccc(C(=O)C2C(=O)CCCC2=O)c([N+](=O)[O-])c1.O=C(O)CNCP(=O)(O)O. The summed E-state index contributed by atoms with van der Waals surface area (Å²) in [6, 6.07) is 17.2. The summed E-state index contributed by atoms with van der Waals surface area (Å²) in [6.07, 6.45) is 1.65. The third kappa shape index (κ3) is 19.6. The van der Waals surface area contributed by atoms with Gasteiger partial charge in [-0.1, -0.05) is 48.3 Å². The number of alkyl halides is 1. The Balaban J connectivity index is 0.000000350. The Morgan fingerprint density at radius 2 is 1.54 bits per heavy atom. The van der Waals surface area contributed by atoms with Crippen LogP contribution in [-0.4, -0.2) is 120 Å². The molecule has 1 unspecified atom stereocenters. The first-order chi connectivity index (χ1) is 34.5. The number of methoxy groups -OCH3 is 2. The van der Waals surface area contributed by atoms with E-state index in [1.54, 1.807) is 24.1 Å². The Morgan fingerprint density at radius 3 is 2.04 bits per heavy atom. The Bertz CT molecular complexity index is 2890. The van der Waals surface area contributed by atoms with Gasteiger partial charge in [-0.15, -0.1) is 11.6 Å². The van der Waals surface area contributed by atoms with Crippen LogP contribution in [0.25, 0.3) is 0 Å². The van der Waals surface area contributed by atoms with Crippen molar-refractivity contribution >= 4 is 104 Å². The van der Waals surface area contributed by atoms with Gasteiger partial charge in [-0.25, -0.2) is 13.2 Å². The fourth-order valence-corrected chi connectivity index (χ4v) is 8.40. The zero-order chi connectivity index (χ0) is 56.2. The number of benzene rings is 4. The molecular weight excluding hydrogens is 1080 g/mol. The topological polar surface area (TPSA) is 344 Å². The maximum Gasteiger partial charge on any atom is 0.345 e. The summed E-state index contributed by atoms with van der Waals surface area (Å²) in [4.78, 5) is 108. The van der Waals surface area contributed by atoms with E-state index in [1.165, 1.54) is 18.2 Å². The highest BCUT2D eigenvalue weighted by Crippen LogP contribution is 2.35. The van der Waals surface area contributed by atoms with Gasteiger partial charge in [0.2, 0.25) is 5.91 Å². The van der Waals surface area contributed by atoms with Gasteiger partial charge in [-0.2, -0.15) is 0 Å². The van der Waals surface area contributed by atoms with E-state index in [4.69, 9.17) is 59.2 Å². The molecule has 4 aromatic carbocycles. The van der Waals surface area contributed by atoms with Gasteiger partial charge in [-0.05, 0) is 74.2 Å². The summed E-state index contributed by atoms with van der Waals surface area (Å²) >= 11 is 17.5. The molecule has 402 valence electrons. The van der Waals surface area contributed by atoms with Gasteiger partial charge >= 0.3 is 19.5 Å². The molecule has 0 spiro atoms. The van der Waals surface area contributed by atoms with Crippen molar-refractivity contribution in [3.63, 3.8) is 0 Å². The number of hydrogen-bond acceptors (Lipinski definition) is 17. The number of esters is 1. The second-order valence-corrected chi connectivity index (χ2v) is 20.4. The Kier molecular flexibility index (Phi) is 25.6. The number of para-hydroxylation sites is 1. The Morgan fingerprint density at radius 1 is 0.919 bits per heavy atom. The second kappa shape index (κ2) is 29.6. The van der Waals surface area contributed by atoms with Crippen LogP contribution in [0.1, 0.15) is 65.0 Å². The maximum absolute atomic E-state index is 12.4. The van der Waals surface area contributed by atoms with E-state index in [-0.39, 0.29) is 57.6 Å². The Hall–Kier alpha value is -6.21. The minimum Gasteiger partial charge on any atom is -0.480 e. The normalized spacial score (nSPS) is 12.8. The molecule has 1 saturated carbocycles. The lowest BCUT2D eigenvalue weighted by Crippen LogP contribution is -2.43. The number of amides is 1. The van der Waals surface area contributed by atoms with Crippen LogP contribution in [0.5, 0.6) is 11.5 Å². The van der Waals surface area contributed by atoms with Gasteiger partial charge in [0, 0.05) is 49.4 Å². The van der Waals surface area contributed by atoms with Crippen molar-refractivity contribution in [3.05, 3.63) is 125 Å². The highest BCUT2D eigenvalue weighted by Gasteiger charge is 2.39. The number of carbonyl (C=O) groups is 6. The van der Waals surface area contributed by atoms with E-state index in [9.17, 15) is 62.0 Å². The van der Waals surface area contributed by atoms with E-state index in [2.05, 4.69) is 23.0 Å². The number of sulfone groups is 1. The number of carboxylic acids is 1. The van der Waals surface area contributed by atoms with Gasteiger partial charge in [-0.3, -0.25) is 54.1 Å². The molecule has 23 nitrogen and oxygen atoms in total. The smallest absolute Gasteiger partial charge is 0.345 e. The van der Waals surface area contributed by atoms with Crippen molar-refractivity contribution in [2.24, 2.45) is 5.92 Å². The Labute approximate surface area is 439 Å². The van der Waals surface area contributed by atoms with Crippen molar-refractivity contribution in [2.45, 2.75) is 57.4 Å². The number of ether oxygens (including phenoxy) is 3. The molecular formula is C46H52Cl3N4O19PS. The lowest BCUT2D eigenvalue weighted by molar-refractivity contribution is -0.385. The molecule has 0 aromatic heterocycles. The monoisotopic (exact) mass is 1130 g/mol. The summed E-state index contributed by atoms with van der Waals surface area (Å²) in [7, 11) is -5.02. The third-order valence-corrected chi connectivity index (χ3v) is 12.6. The second-order valence-electron chi connectivity index (χ2n) is 15.7. The summed E-state index contributed by atoms with van der Waals surface area (Å²) in [6.45, 7) is 6.12. The number of nitro benzene ring substituents is 2. The predicted molar refractivity (Wildman–Crippen MR) is 272 cm³/mol. The number of nitro groups is 2. The number of aryl methyl sites for hydroxylation is 2. The number of rotatable bonds is 18. The highest BCUT2D eigenvalue weighted by molar-refractivity contribution is 7.90. The first-order valence-corrected chi connectivity index (χ1v) is 26.5. The molecule has 0 bridgehead atoms. The number of halogens is 3. The molecule has 74 heavy (non-hydrogen) atoms. The van der Waals surface area contributed by atoms with Gasteiger partial charge in [0.05, 0.1) is 63.6 Å². The minimum absolute atomic E-state index is 0.0223. The molecule has 0 heterocycles. The van der Waals surface area contributed by atoms with Crippen LogP contribution in [0.4, 0.5) is 17.1 Å². The van der Waals surface area contributed by atoms with E-state index < -0.39 is 86.6 Å². The molecule has 1 atom stereocenters. The highest BCUT2D eigenvalue weighted by atomic mass is 35.5. The maximum atomic E-state index is 12.4. The number of ketones is 3. The van der Waals surface area contributed by atoms with Gasteiger partial charge in [0.1, 0.15) is 28.9 Å². The molecule has 0 saturated heterocycles. The summed E-state index contributed by atoms with van der Waals surface area (Å²) in [5.41, 5.74) is 1.46. The van der Waals surface area contributed by atoms with E-state index >= 15 is 0 Å². The number of carbonyl (C=O) groups excluding carboxylic acids is 5. The van der Waals surface area contributed by atoms with Crippen LogP contribution >= 0.6 is 42.4 Å². The third-order valence-electron chi connectivity index (χ3n) is 10.1. The summed E-state index contributed by atoms with van der Waals surface area (Å²) < 4.78 is 48.2. The standard InChI is InChI=1S/C15H22ClNO2.C14H9Cl2NO5.C14H13NO7S.C3H8NO5P/c1-5-13-8-6-7-11(2)15(13)17(14(18)9-16)12(3)10-19-4;1-21-14(18)10-7-9(3-4-12(10)17(19)20)22-13-5-2-8(15)6-11(13)16;1-23(21,22)8-5-6-9(10(7-8)15(19)20)14(18)13-11(16)3-2-4-12(13)17;5-3(6)1-4-2-10(7,8)9/h6-8,12H,5,9-10H2,1-4H3;2-7H,1H3;5-7,13H,2-4H2,1H3;4H,1-2H2,(H,5,6)(H2,7,8,9). The van der Waals surface area contributed by atoms with Crippen molar-refractivity contribution in [1.29, 1.82) is 0 Å². The van der Waals surface area contributed by atoms with Gasteiger partial charge < -0.3 is 34.0 Å². The average molecular weight is 1130 g/mol. The van der Waals surface area contributed by atoms with Crippen molar-refractivity contribution < 1.29 is 80.7 Å². The summed E-state index contributed by atoms with van der Waals surface area (Å²) in [5.74, 6) is -5.20. The zero-order valence-corrected chi connectivity index (χ0v) is 44.4. The van der Waals surface area contributed by atoms with Crippen molar-refractivity contribution in [1.82, 2.24) is 5.32 Å². The molecule has 28 heteroatoms. The fourth-order valence-electron chi connectivity index (χ4n) is 6.78. The summed E-state index contributed by atoms with van der Waals surface area (Å²) in [5, 5.41) is 32.8.